The molecule has 6 heteroatoms. The second kappa shape index (κ2) is 8.31. The van der Waals surface area contributed by atoms with Gasteiger partial charge >= 0.3 is 0 Å². The Morgan fingerprint density at radius 3 is 2.54 bits per heavy atom. The van der Waals surface area contributed by atoms with Gasteiger partial charge in [-0.3, -0.25) is 14.7 Å². The lowest BCUT2D eigenvalue weighted by atomic mass is 9.74. The van der Waals surface area contributed by atoms with Crippen molar-refractivity contribution in [2.75, 3.05) is 13.1 Å². The van der Waals surface area contributed by atoms with Gasteiger partial charge in [-0.2, -0.15) is 5.10 Å². The summed E-state index contributed by atoms with van der Waals surface area (Å²) >= 11 is 0. The Kier molecular flexibility index (Phi) is 6.40. The summed E-state index contributed by atoms with van der Waals surface area (Å²) in [6, 6.07) is 2.25. The molecular formula is C18H30N4O2. The summed E-state index contributed by atoms with van der Waals surface area (Å²) in [6.07, 6.45) is 3.95. The summed E-state index contributed by atoms with van der Waals surface area (Å²) in [5.74, 6) is 1.48. The highest BCUT2D eigenvalue weighted by Crippen LogP contribution is 2.33. The van der Waals surface area contributed by atoms with E-state index < -0.39 is 0 Å². The van der Waals surface area contributed by atoms with Gasteiger partial charge in [0.15, 0.2) is 0 Å². The number of hydrogen-bond acceptors (Lipinski definition) is 3. The van der Waals surface area contributed by atoms with E-state index in [1.54, 1.807) is 4.90 Å². The van der Waals surface area contributed by atoms with E-state index in [1.807, 2.05) is 6.92 Å². The fourth-order valence-corrected chi connectivity index (χ4v) is 3.10. The number of aryl methyl sites for hydroxylation is 1. The lowest BCUT2D eigenvalue weighted by Crippen LogP contribution is -2.45. The second-order valence-corrected chi connectivity index (χ2v) is 7.39. The van der Waals surface area contributed by atoms with Gasteiger partial charge in [-0.25, -0.2) is 0 Å². The van der Waals surface area contributed by atoms with Crippen LogP contribution in [0, 0.1) is 18.8 Å². The Labute approximate surface area is 144 Å². The van der Waals surface area contributed by atoms with Gasteiger partial charge in [0.05, 0.1) is 5.69 Å². The van der Waals surface area contributed by atoms with Crippen LogP contribution >= 0.6 is 0 Å². The zero-order valence-electron chi connectivity index (χ0n) is 15.2. The Bertz CT molecular complexity index is 555. The van der Waals surface area contributed by atoms with Crippen LogP contribution in [-0.4, -0.2) is 46.5 Å². The molecule has 2 amide bonds. The smallest absolute Gasteiger partial charge is 0.223 e. The fraction of sp³-hybridized carbons (Fsp3) is 0.722. The van der Waals surface area contributed by atoms with Crippen molar-refractivity contribution in [1.29, 1.82) is 0 Å². The number of nitrogens with zero attached hydrogens (tertiary/aromatic N) is 2. The molecule has 6 nitrogen and oxygen atoms in total. The average Bonchev–Trinajstić information content (AvgIpc) is 3.15. The standard InChI is InChI=1S/C11H18N2O2.C7H12N2/c1-8-2-3-10(8)11(15)12-9-4-5-13(6-9)7-14;1-5(2)7-4-6(3)8-9-7/h7-10H,2-6H2,1H3,(H,12,15);4-5H,1-3H3,(H,8,9). The molecule has 0 radical (unpaired) electrons. The quantitative estimate of drug-likeness (QED) is 0.829. The van der Waals surface area contributed by atoms with Gasteiger partial charge in [-0.15, -0.1) is 0 Å². The van der Waals surface area contributed by atoms with Crippen molar-refractivity contribution in [2.24, 2.45) is 11.8 Å². The highest BCUT2D eigenvalue weighted by atomic mass is 16.2. The first-order valence-electron chi connectivity index (χ1n) is 8.92. The largest absolute Gasteiger partial charge is 0.351 e. The number of H-pyrrole nitrogens is 1. The van der Waals surface area contributed by atoms with Crippen LogP contribution in [-0.2, 0) is 9.59 Å². The van der Waals surface area contributed by atoms with Crippen molar-refractivity contribution < 1.29 is 9.59 Å². The van der Waals surface area contributed by atoms with E-state index >= 15 is 0 Å². The monoisotopic (exact) mass is 334 g/mol. The highest BCUT2D eigenvalue weighted by Gasteiger charge is 2.34. The molecule has 134 valence electrons. The molecule has 1 aliphatic carbocycles. The average molecular weight is 334 g/mol. The molecule has 1 aliphatic heterocycles. The van der Waals surface area contributed by atoms with E-state index in [0.717, 1.165) is 37.2 Å². The van der Waals surface area contributed by atoms with Gasteiger partial charge in [-0.1, -0.05) is 20.8 Å². The van der Waals surface area contributed by atoms with Crippen LogP contribution in [0.3, 0.4) is 0 Å². The molecule has 0 aromatic carbocycles. The second-order valence-electron chi connectivity index (χ2n) is 7.39. The first kappa shape index (κ1) is 18.5. The predicted octanol–water partition coefficient (Wildman–Crippen LogP) is 2.22. The normalized spacial score (nSPS) is 25.7. The third kappa shape index (κ3) is 4.82. The maximum absolute atomic E-state index is 11.8. The topological polar surface area (TPSA) is 78.1 Å². The van der Waals surface area contributed by atoms with Crippen LogP contribution in [0.15, 0.2) is 6.07 Å². The maximum Gasteiger partial charge on any atom is 0.223 e. The summed E-state index contributed by atoms with van der Waals surface area (Å²) < 4.78 is 0. The van der Waals surface area contributed by atoms with E-state index in [9.17, 15) is 9.59 Å². The zero-order chi connectivity index (χ0) is 17.7. The number of hydrogen-bond donors (Lipinski definition) is 2. The fourth-order valence-electron chi connectivity index (χ4n) is 3.10. The van der Waals surface area contributed by atoms with E-state index in [1.165, 1.54) is 6.42 Å². The Hall–Kier alpha value is -1.85. The first-order valence-corrected chi connectivity index (χ1v) is 8.92. The molecule has 1 saturated heterocycles. The lowest BCUT2D eigenvalue weighted by molar-refractivity contribution is -0.130. The van der Waals surface area contributed by atoms with Crippen LogP contribution in [0.1, 0.15) is 57.3 Å². The molecule has 1 saturated carbocycles. The van der Waals surface area contributed by atoms with Gasteiger partial charge in [-0.05, 0) is 44.1 Å². The van der Waals surface area contributed by atoms with E-state index in [4.69, 9.17) is 0 Å². The summed E-state index contributed by atoms with van der Waals surface area (Å²) in [5, 5.41) is 10.0. The van der Waals surface area contributed by atoms with Crippen molar-refractivity contribution in [3.05, 3.63) is 17.5 Å². The molecule has 3 unspecified atom stereocenters. The minimum absolute atomic E-state index is 0.176. The van der Waals surface area contributed by atoms with Gasteiger partial charge in [0, 0.05) is 30.7 Å². The third-order valence-electron chi connectivity index (χ3n) is 4.99. The molecular weight excluding hydrogens is 304 g/mol. The number of nitrogens with one attached hydrogen (secondary N) is 2. The van der Waals surface area contributed by atoms with Crippen molar-refractivity contribution >= 4 is 12.3 Å². The molecule has 0 spiro atoms. The van der Waals surface area contributed by atoms with E-state index in [-0.39, 0.29) is 17.9 Å². The summed E-state index contributed by atoms with van der Waals surface area (Å²) in [6.45, 7) is 9.86. The first-order chi connectivity index (χ1) is 11.4. The number of carbonyl (C=O) groups is 2. The van der Waals surface area contributed by atoms with Gasteiger partial charge in [0.2, 0.25) is 12.3 Å². The van der Waals surface area contributed by atoms with Gasteiger partial charge in [0.25, 0.3) is 0 Å². The molecule has 1 aromatic rings. The van der Waals surface area contributed by atoms with Crippen LogP contribution in [0.2, 0.25) is 0 Å². The molecule has 2 heterocycles. The molecule has 3 atom stereocenters. The van der Waals surface area contributed by atoms with Crippen molar-refractivity contribution in [1.82, 2.24) is 20.4 Å². The Morgan fingerprint density at radius 2 is 2.17 bits per heavy atom. The van der Waals surface area contributed by atoms with Crippen LogP contribution < -0.4 is 5.32 Å². The Balaban J connectivity index is 0.000000198. The minimum Gasteiger partial charge on any atom is -0.351 e. The van der Waals surface area contributed by atoms with Crippen molar-refractivity contribution in [2.45, 2.75) is 58.9 Å². The van der Waals surface area contributed by atoms with Gasteiger partial charge < -0.3 is 10.2 Å². The summed E-state index contributed by atoms with van der Waals surface area (Å²) in [4.78, 5) is 24.0. The lowest BCUT2D eigenvalue weighted by Gasteiger charge is -2.33. The molecule has 1 aromatic heterocycles. The SMILES string of the molecule is CC1CCC1C(=O)NC1CCN(C=O)C1.Cc1cc(C(C)C)n[nH]1. The predicted molar refractivity (Wildman–Crippen MR) is 93.5 cm³/mol. The molecule has 3 rings (SSSR count). The highest BCUT2D eigenvalue weighted by molar-refractivity contribution is 5.80. The number of likely N-dealkylation sites (tertiary alicyclic amines) is 1. The summed E-state index contributed by atoms with van der Waals surface area (Å²) in [7, 11) is 0. The molecule has 2 fully saturated rings. The van der Waals surface area contributed by atoms with Gasteiger partial charge in [0.1, 0.15) is 0 Å². The van der Waals surface area contributed by atoms with E-state index in [2.05, 4.69) is 42.4 Å². The van der Waals surface area contributed by atoms with E-state index in [0.29, 0.717) is 18.4 Å². The number of carbonyl (C=O) groups excluding carboxylic acids is 2. The molecule has 0 bridgehead atoms. The Morgan fingerprint density at radius 1 is 1.42 bits per heavy atom. The number of amides is 2. The third-order valence-corrected chi connectivity index (χ3v) is 4.99. The van der Waals surface area contributed by atoms with Crippen molar-refractivity contribution in [3.63, 3.8) is 0 Å². The summed E-state index contributed by atoms with van der Waals surface area (Å²) in [5.41, 5.74) is 2.28. The number of aromatic amines is 1. The minimum atomic E-state index is 0.176. The van der Waals surface area contributed by atoms with Crippen LogP contribution in [0.4, 0.5) is 0 Å². The van der Waals surface area contributed by atoms with Crippen LogP contribution in [0.25, 0.3) is 0 Å². The van der Waals surface area contributed by atoms with Crippen LogP contribution in [0.5, 0.6) is 0 Å². The molecule has 2 N–H and O–H groups in total. The van der Waals surface area contributed by atoms with Crippen molar-refractivity contribution in [3.8, 4) is 0 Å². The molecule has 24 heavy (non-hydrogen) atoms. The number of aromatic nitrogens is 2. The zero-order valence-corrected chi connectivity index (χ0v) is 15.2. The maximum atomic E-state index is 11.8. The molecule has 2 aliphatic rings. The number of rotatable bonds is 4.